The highest BCUT2D eigenvalue weighted by Crippen LogP contribution is 2.52. The minimum absolute atomic E-state index is 0.0440. The fourth-order valence-electron chi connectivity index (χ4n) is 9.32. The molecular formula is C44H55N7O7S. The summed E-state index contributed by atoms with van der Waals surface area (Å²) in [7, 11) is 3.44. The second kappa shape index (κ2) is 16.4. The van der Waals surface area contributed by atoms with E-state index in [1.165, 1.54) is 16.3 Å². The first kappa shape index (κ1) is 41.1. The van der Waals surface area contributed by atoms with Crippen molar-refractivity contribution in [1.82, 2.24) is 35.2 Å². The maximum atomic E-state index is 14.7. The number of hydrogen-bond donors (Lipinski definition) is 2. The summed E-state index contributed by atoms with van der Waals surface area (Å²) in [5.41, 5.74) is 9.26. The van der Waals surface area contributed by atoms with Crippen molar-refractivity contribution in [2.24, 2.45) is 23.2 Å². The largest absolute Gasteiger partial charge is 0.464 e. The number of cyclic esters (lactones) is 1. The molecule has 3 fully saturated rings. The topological polar surface area (TPSA) is 157 Å². The summed E-state index contributed by atoms with van der Waals surface area (Å²) < 4.78 is 20.6. The molecule has 4 aliphatic rings. The highest BCUT2D eigenvalue weighted by molar-refractivity contribution is 7.10. The number of amides is 3. The van der Waals surface area contributed by atoms with E-state index in [4.69, 9.17) is 24.2 Å². The molecule has 7 atom stereocenters. The Bertz CT molecular complexity index is 2270. The SMILES string of the molecule is CCO[C@@H]1c2nc(cs2)-c2ccc3c(c2)c(c(-c2cccnc2[C@H](C)OC)n3CC)CC(C)(C)COC(=O)[C@@H]2CCCN(N2)C(=O)[C@H]1NC(=O)[C@@H]1[C@H]2CCN(C)C(=O)[C@H]21. The van der Waals surface area contributed by atoms with Crippen LogP contribution in [0.5, 0.6) is 0 Å². The quantitative estimate of drug-likeness (QED) is 0.219. The van der Waals surface area contributed by atoms with Crippen molar-refractivity contribution in [3.63, 3.8) is 0 Å². The fraction of sp³-hybridized carbons (Fsp3) is 0.545. The molecule has 0 radical (unpaired) electrons. The number of thiazole rings is 1. The Labute approximate surface area is 348 Å². The van der Waals surface area contributed by atoms with Crippen LogP contribution in [0.4, 0.5) is 0 Å². The molecule has 59 heavy (non-hydrogen) atoms. The second-order valence-corrected chi connectivity index (χ2v) is 18.0. The molecular weight excluding hydrogens is 771 g/mol. The van der Waals surface area contributed by atoms with Crippen LogP contribution < -0.4 is 10.7 Å². The van der Waals surface area contributed by atoms with Crippen LogP contribution in [0.1, 0.15) is 82.4 Å². The number of aryl methyl sites for hydroxylation is 1. The third-order valence-electron chi connectivity index (χ3n) is 12.5. The number of nitrogens with one attached hydrogen (secondary N) is 2. The summed E-state index contributed by atoms with van der Waals surface area (Å²) in [5, 5.41) is 7.99. The van der Waals surface area contributed by atoms with Crippen LogP contribution in [0.3, 0.4) is 0 Å². The molecule has 1 saturated carbocycles. The van der Waals surface area contributed by atoms with E-state index in [0.29, 0.717) is 49.6 Å². The first-order chi connectivity index (χ1) is 28.3. The number of piperidine rings is 1. The minimum Gasteiger partial charge on any atom is -0.464 e. The van der Waals surface area contributed by atoms with Gasteiger partial charge in [-0.1, -0.05) is 19.9 Å². The average molecular weight is 826 g/mol. The Balaban J connectivity index is 1.25. The first-order valence-electron chi connectivity index (χ1n) is 20.9. The van der Waals surface area contributed by atoms with Gasteiger partial charge < -0.3 is 29.0 Å². The van der Waals surface area contributed by atoms with Gasteiger partial charge in [-0.05, 0) is 82.2 Å². The summed E-state index contributed by atoms with van der Waals surface area (Å²) in [6.45, 7) is 12.2. The molecule has 8 rings (SSSR count). The molecule has 0 spiro atoms. The van der Waals surface area contributed by atoms with Gasteiger partial charge in [0.1, 0.15) is 23.2 Å². The highest BCUT2D eigenvalue weighted by Gasteiger charge is 2.61. The van der Waals surface area contributed by atoms with Crippen LogP contribution in [0.15, 0.2) is 41.9 Å². The van der Waals surface area contributed by atoms with Crippen LogP contribution in [0.25, 0.3) is 33.4 Å². The van der Waals surface area contributed by atoms with Gasteiger partial charge in [0.05, 0.1) is 41.6 Å². The highest BCUT2D eigenvalue weighted by atomic mass is 32.1. The summed E-state index contributed by atoms with van der Waals surface area (Å²) in [5.74, 6) is -2.27. The van der Waals surface area contributed by atoms with E-state index in [1.54, 1.807) is 25.3 Å². The van der Waals surface area contributed by atoms with Crippen molar-refractivity contribution in [2.45, 2.75) is 91.1 Å². The molecule has 2 saturated heterocycles. The Morgan fingerprint density at radius 3 is 2.71 bits per heavy atom. The molecule has 3 aliphatic heterocycles. The lowest BCUT2D eigenvalue weighted by Gasteiger charge is -2.37. The molecule has 6 heterocycles. The number of nitrogens with zero attached hydrogens (tertiary/aromatic N) is 5. The Morgan fingerprint density at radius 1 is 1.14 bits per heavy atom. The normalized spacial score (nSPS) is 26.3. The molecule has 1 aromatic carbocycles. The number of carbonyl (C=O) groups is 4. The summed E-state index contributed by atoms with van der Waals surface area (Å²) in [6, 6.07) is 8.45. The van der Waals surface area contributed by atoms with Crippen molar-refractivity contribution in [3.8, 4) is 22.5 Å². The van der Waals surface area contributed by atoms with Gasteiger partial charge in [-0.2, -0.15) is 0 Å². The lowest BCUT2D eigenvalue weighted by molar-refractivity contribution is -0.156. The van der Waals surface area contributed by atoms with Gasteiger partial charge >= 0.3 is 5.97 Å². The third-order valence-corrected chi connectivity index (χ3v) is 13.4. The zero-order valence-corrected chi connectivity index (χ0v) is 35.8. The van der Waals surface area contributed by atoms with Crippen LogP contribution in [-0.4, -0.2) is 101 Å². The maximum absolute atomic E-state index is 14.7. The van der Waals surface area contributed by atoms with Gasteiger partial charge in [-0.25, -0.2) is 10.4 Å². The summed E-state index contributed by atoms with van der Waals surface area (Å²) >= 11 is 1.37. The monoisotopic (exact) mass is 825 g/mol. The molecule has 3 aromatic heterocycles. The number of hydrazine groups is 1. The van der Waals surface area contributed by atoms with E-state index in [9.17, 15) is 19.2 Å². The zero-order valence-electron chi connectivity index (χ0n) is 34.9. The molecule has 1 aliphatic carbocycles. The number of rotatable bonds is 8. The van der Waals surface area contributed by atoms with Crippen LogP contribution >= 0.6 is 11.3 Å². The Hall–Kier alpha value is -4.70. The molecule has 314 valence electrons. The van der Waals surface area contributed by atoms with Crippen LogP contribution in [0, 0.1) is 23.2 Å². The minimum atomic E-state index is -1.18. The Kier molecular flexibility index (Phi) is 11.4. The van der Waals surface area contributed by atoms with Crippen molar-refractivity contribution < 1.29 is 33.4 Å². The van der Waals surface area contributed by atoms with Crippen LogP contribution in [0.2, 0.25) is 0 Å². The molecule has 4 aromatic rings. The van der Waals surface area contributed by atoms with Crippen molar-refractivity contribution >= 4 is 45.9 Å². The van der Waals surface area contributed by atoms with Gasteiger partial charge in [0.25, 0.3) is 5.91 Å². The van der Waals surface area contributed by atoms with Gasteiger partial charge in [0.15, 0.2) is 0 Å². The summed E-state index contributed by atoms with van der Waals surface area (Å²) in [6.07, 6.45) is 2.94. The number of aromatic nitrogens is 3. The van der Waals surface area contributed by atoms with E-state index in [-0.39, 0.29) is 37.0 Å². The molecule has 6 bridgehead atoms. The smallest absolute Gasteiger partial charge is 0.324 e. The van der Waals surface area contributed by atoms with Gasteiger partial charge in [0, 0.05) is 79.4 Å². The number of carbonyl (C=O) groups excluding carboxylic acids is 4. The fourth-order valence-corrected chi connectivity index (χ4v) is 10.2. The van der Waals surface area contributed by atoms with Gasteiger partial charge in [-0.3, -0.25) is 29.2 Å². The van der Waals surface area contributed by atoms with E-state index >= 15 is 0 Å². The van der Waals surface area contributed by atoms with E-state index in [0.717, 1.165) is 45.4 Å². The molecule has 3 amide bonds. The lowest BCUT2D eigenvalue weighted by atomic mass is 9.84. The number of fused-ring (bicyclic) bond motifs is 7. The van der Waals surface area contributed by atoms with E-state index in [2.05, 4.69) is 60.3 Å². The maximum Gasteiger partial charge on any atom is 0.324 e. The number of hydrogen-bond acceptors (Lipinski definition) is 11. The number of methoxy groups -OCH3 is 1. The summed E-state index contributed by atoms with van der Waals surface area (Å²) in [4.78, 5) is 67.2. The number of ether oxygens (including phenoxy) is 3. The van der Waals surface area contributed by atoms with Gasteiger partial charge in [0.2, 0.25) is 11.8 Å². The Morgan fingerprint density at radius 2 is 1.95 bits per heavy atom. The number of esters is 1. The molecule has 2 N–H and O–H groups in total. The van der Waals surface area contributed by atoms with E-state index < -0.39 is 47.3 Å². The van der Waals surface area contributed by atoms with Crippen molar-refractivity contribution in [1.29, 1.82) is 0 Å². The van der Waals surface area contributed by atoms with Gasteiger partial charge in [-0.15, -0.1) is 11.3 Å². The number of likely N-dealkylation sites (tertiary alicyclic amines) is 1. The lowest BCUT2D eigenvalue weighted by Crippen LogP contribution is -2.61. The predicted octanol–water partition coefficient (Wildman–Crippen LogP) is 5.46. The molecule has 0 unspecified atom stereocenters. The first-order valence-corrected chi connectivity index (χ1v) is 21.7. The zero-order chi connectivity index (χ0) is 41.7. The van der Waals surface area contributed by atoms with Crippen molar-refractivity contribution in [2.75, 3.05) is 40.5 Å². The van der Waals surface area contributed by atoms with E-state index in [1.807, 2.05) is 25.3 Å². The predicted molar refractivity (Wildman–Crippen MR) is 223 cm³/mol. The second-order valence-electron chi connectivity index (χ2n) is 17.1. The van der Waals surface area contributed by atoms with Crippen molar-refractivity contribution in [3.05, 3.63) is 58.2 Å². The molecule has 15 heteroatoms. The average Bonchev–Trinajstić information content (AvgIpc) is 3.64. The third kappa shape index (κ3) is 7.66. The number of benzene rings is 1. The van der Waals surface area contributed by atoms with Crippen LogP contribution in [-0.2, 0) is 46.4 Å². The standard InChI is InChI=1S/C44H55N7O7S/c1-8-50-32-15-14-25-20-28(32)29(37(50)27-12-10-17-45-35(27)24(3)56-7)21-44(4,5)23-58-43(55)30-13-11-18-51(48-30)42(54)36(38(57-9-2)40-46-31(25)22-59-40)47-39(52)33-26-16-19-49(6)41(53)34(26)33/h10,12,14-15,17,20,22,24,26,30,33-34,36,38,48H,8-9,11,13,16,18-19,21,23H2,1-7H3,(H,47,52)/t24-,26+,30-,33+,34+,36-,38-/m0/s1. The molecule has 14 nitrogen and oxygen atoms in total. The number of pyridine rings is 1.